The van der Waals surface area contributed by atoms with Crippen LogP contribution >= 0.6 is 0 Å². The predicted octanol–water partition coefficient (Wildman–Crippen LogP) is 3.02. The SMILES string of the molecule is COc1c([N+](=O)[O-])c2n(c1-c1ccccc1)CCC2. The first-order valence-electron chi connectivity index (χ1n) is 6.23. The van der Waals surface area contributed by atoms with Gasteiger partial charge in [-0.2, -0.15) is 0 Å². The maximum Gasteiger partial charge on any atom is 0.332 e. The summed E-state index contributed by atoms with van der Waals surface area (Å²) >= 11 is 0. The third kappa shape index (κ3) is 1.69. The molecule has 0 bridgehead atoms. The molecule has 1 aromatic heterocycles. The van der Waals surface area contributed by atoms with E-state index in [0.717, 1.165) is 36.3 Å². The largest absolute Gasteiger partial charge is 0.489 e. The van der Waals surface area contributed by atoms with Crippen molar-refractivity contribution in [2.24, 2.45) is 0 Å². The summed E-state index contributed by atoms with van der Waals surface area (Å²) in [5, 5.41) is 11.3. The average Bonchev–Trinajstić information content (AvgIpc) is 2.97. The van der Waals surface area contributed by atoms with Crippen molar-refractivity contribution in [3.63, 3.8) is 0 Å². The quantitative estimate of drug-likeness (QED) is 0.628. The molecule has 1 aliphatic heterocycles. The number of nitrogens with zero attached hydrogens (tertiary/aromatic N) is 2. The fraction of sp³-hybridized carbons (Fsp3) is 0.286. The molecule has 0 saturated heterocycles. The number of rotatable bonds is 3. The Hall–Kier alpha value is -2.30. The van der Waals surface area contributed by atoms with Crippen LogP contribution in [0.2, 0.25) is 0 Å². The van der Waals surface area contributed by atoms with Gasteiger partial charge in [-0.05, 0) is 12.8 Å². The molecule has 0 spiro atoms. The van der Waals surface area contributed by atoms with Crippen molar-refractivity contribution >= 4 is 5.69 Å². The van der Waals surface area contributed by atoms with Crippen LogP contribution < -0.4 is 4.74 Å². The highest BCUT2D eigenvalue weighted by atomic mass is 16.6. The van der Waals surface area contributed by atoms with Crippen molar-refractivity contribution in [1.82, 2.24) is 4.57 Å². The number of fused-ring (bicyclic) bond motifs is 1. The lowest BCUT2D eigenvalue weighted by atomic mass is 10.1. The van der Waals surface area contributed by atoms with Crippen molar-refractivity contribution in [3.8, 4) is 17.0 Å². The van der Waals surface area contributed by atoms with Gasteiger partial charge in [-0.25, -0.2) is 0 Å². The van der Waals surface area contributed by atoms with Gasteiger partial charge in [0.05, 0.1) is 17.7 Å². The van der Waals surface area contributed by atoms with Crippen LogP contribution in [0, 0.1) is 10.1 Å². The van der Waals surface area contributed by atoms with Crippen molar-refractivity contribution < 1.29 is 9.66 Å². The molecule has 19 heavy (non-hydrogen) atoms. The summed E-state index contributed by atoms with van der Waals surface area (Å²) in [7, 11) is 1.49. The minimum Gasteiger partial charge on any atom is -0.489 e. The Balaban J connectivity index is 2.30. The summed E-state index contributed by atoms with van der Waals surface area (Å²) in [6.07, 6.45) is 1.68. The van der Waals surface area contributed by atoms with E-state index < -0.39 is 0 Å². The van der Waals surface area contributed by atoms with E-state index in [0.29, 0.717) is 5.75 Å². The average molecular weight is 258 g/mol. The van der Waals surface area contributed by atoms with Crippen molar-refractivity contribution in [1.29, 1.82) is 0 Å². The highest BCUT2D eigenvalue weighted by Gasteiger charge is 2.34. The Kier molecular flexibility index (Phi) is 2.74. The predicted molar refractivity (Wildman–Crippen MR) is 71.4 cm³/mol. The second-order valence-corrected chi connectivity index (χ2v) is 4.56. The fourth-order valence-electron chi connectivity index (χ4n) is 2.80. The number of methoxy groups -OCH3 is 1. The van der Waals surface area contributed by atoms with E-state index in [9.17, 15) is 10.1 Å². The molecule has 1 aromatic carbocycles. The second kappa shape index (κ2) is 4.42. The molecule has 0 fully saturated rings. The topological polar surface area (TPSA) is 57.3 Å². The Labute approximate surface area is 110 Å². The lowest BCUT2D eigenvalue weighted by Gasteiger charge is -2.07. The summed E-state index contributed by atoms with van der Waals surface area (Å²) in [5.41, 5.74) is 2.68. The maximum absolute atomic E-state index is 11.3. The second-order valence-electron chi connectivity index (χ2n) is 4.56. The van der Waals surface area contributed by atoms with Gasteiger partial charge in [-0.3, -0.25) is 10.1 Å². The Bertz CT molecular complexity index is 632. The summed E-state index contributed by atoms with van der Waals surface area (Å²) in [6.45, 7) is 0.809. The first-order chi connectivity index (χ1) is 9.24. The smallest absolute Gasteiger partial charge is 0.332 e. The molecule has 5 heteroatoms. The molecule has 0 radical (unpaired) electrons. The molecule has 0 aliphatic carbocycles. The molecule has 0 unspecified atom stereocenters. The van der Waals surface area contributed by atoms with Crippen LogP contribution in [0.25, 0.3) is 11.3 Å². The van der Waals surface area contributed by atoms with Gasteiger partial charge >= 0.3 is 5.69 Å². The molecule has 3 rings (SSSR count). The van der Waals surface area contributed by atoms with Gasteiger partial charge in [-0.1, -0.05) is 30.3 Å². The van der Waals surface area contributed by atoms with Gasteiger partial charge in [0, 0.05) is 12.1 Å². The van der Waals surface area contributed by atoms with E-state index in [-0.39, 0.29) is 10.6 Å². The van der Waals surface area contributed by atoms with Gasteiger partial charge in [0.15, 0.2) is 0 Å². The van der Waals surface area contributed by atoms with Crippen molar-refractivity contribution in [2.45, 2.75) is 19.4 Å². The van der Waals surface area contributed by atoms with Gasteiger partial charge < -0.3 is 9.30 Å². The van der Waals surface area contributed by atoms with Crippen LogP contribution in [0.3, 0.4) is 0 Å². The number of aromatic nitrogens is 1. The summed E-state index contributed by atoms with van der Waals surface area (Å²) < 4.78 is 7.35. The van der Waals surface area contributed by atoms with Crippen LogP contribution in [0.1, 0.15) is 12.1 Å². The number of hydrogen-bond donors (Lipinski definition) is 0. The zero-order valence-corrected chi connectivity index (χ0v) is 10.6. The number of ether oxygens (including phenoxy) is 1. The fourth-order valence-corrected chi connectivity index (χ4v) is 2.80. The van der Waals surface area contributed by atoms with Crippen LogP contribution in [0.5, 0.6) is 5.75 Å². The molecule has 5 nitrogen and oxygen atoms in total. The minimum atomic E-state index is -0.331. The normalized spacial score (nSPS) is 13.3. The molecular formula is C14H14N2O3. The number of benzene rings is 1. The Morgan fingerprint density at radius 3 is 2.68 bits per heavy atom. The summed E-state index contributed by atoms with van der Waals surface area (Å²) in [6, 6.07) is 9.68. The van der Waals surface area contributed by atoms with E-state index in [1.165, 1.54) is 7.11 Å². The highest BCUT2D eigenvalue weighted by Crippen LogP contribution is 2.45. The molecular weight excluding hydrogens is 244 g/mol. The third-order valence-electron chi connectivity index (χ3n) is 3.53. The van der Waals surface area contributed by atoms with Crippen LogP contribution in [0.4, 0.5) is 5.69 Å². The van der Waals surface area contributed by atoms with E-state index >= 15 is 0 Å². The maximum atomic E-state index is 11.3. The van der Waals surface area contributed by atoms with Gasteiger partial charge in [0.2, 0.25) is 5.75 Å². The standard InChI is InChI=1S/C14H14N2O3/c1-19-14-12(10-6-3-2-4-7-10)15-9-5-8-11(15)13(14)16(17)18/h2-4,6-7H,5,8-9H2,1H3. The molecule has 2 aromatic rings. The Morgan fingerprint density at radius 2 is 2.05 bits per heavy atom. The Morgan fingerprint density at radius 1 is 1.32 bits per heavy atom. The zero-order valence-electron chi connectivity index (χ0n) is 10.6. The van der Waals surface area contributed by atoms with Crippen LogP contribution in [-0.4, -0.2) is 16.6 Å². The van der Waals surface area contributed by atoms with Crippen LogP contribution in [-0.2, 0) is 13.0 Å². The first kappa shape index (κ1) is 11.8. The van der Waals surface area contributed by atoms with E-state index in [1.54, 1.807) is 0 Å². The molecule has 98 valence electrons. The monoisotopic (exact) mass is 258 g/mol. The molecule has 0 amide bonds. The molecule has 0 saturated carbocycles. The van der Waals surface area contributed by atoms with E-state index in [2.05, 4.69) is 0 Å². The third-order valence-corrected chi connectivity index (χ3v) is 3.53. The van der Waals surface area contributed by atoms with Gasteiger partial charge in [0.1, 0.15) is 5.69 Å². The summed E-state index contributed by atoms with van der Waals surface area (Å²) in [5.74, 6) is 0.380. The van der Waals surface area contributed by atoms with Gasteiger partial charge in [0.25, 0.3) is 0 Å². The highest BCUT2D eigenvalue weighted by molar-refractivity contribution is 5.76. The van der Waals surface area contributed by atoms with Crippen molar-refractivity contribution in [2.75, 3.05) is 7.11 Å². The van der Waals surface area contributed by atoms with Crippen LogP contribution in [0.15, 0.2) is 30.3 Å². The molecule has 1 aliphatic rings. The number of nitro groups is 1. The minimum absolute atomic E-state index is 0.124. The summed E-state index contributed by atoms with van der Waals surface area (Å²) in [4.78, 5) is 11.0. The van der Waals surface area contributed by atoms with E-state index in [4.69, 9.17) is 4.74 Å². The lowest BCUT2D eigenvalue weighted by Crippen LogP contribution is -1.96. The van der Waals surface area contributed by atoms with E-state index in [1.807, 2.05) is 34.9 Å². The number of hydrogen-bond acceptors (Lipinski definition) is 3. The molecule has 0 N–H and O–H groups in total. The lowest BCUT2D eigenvalue weighted by molar-refractivity contribution is -0.386. The first-order valence-corrected chi connectivity index (χ1v) is 6.23. The van der Waals surface area contributed by atoms with Gasteiger partial charge in [-0.15, -0.1) is 0 Å². The molecule has 0 atom stereocenters. The van der Waals surface area contributed by atoms with Crippen molar-refractivity contribution in [3.05, 3.63) is 46.1 Å². The zero-order chi connectivity index (χ0) is 13.4. The molecule has 2 heterocycles.